The lowest BCUT2D eigenvalue weighted by molar-refractivity contribution is 0.0656. The summed E-state index contributed by atoms with van der Waals surface area (Å²) in [4.78, 5) is 20.0. The maximum Gasteiger partial charge on any atom is 0.273 e. The molecule has 0 radical (unpaired) electrons. The summed E-state index contributed by atoms with van der Waals surface area (Å²) in [5, 5.41) is 2.68. The summed E-state index contributed by atoms with van der Waals surface area (Å²) in [6.07, 6.45) is 2.10. The zero-order valence-electron chi connectivity index (χ0n) is 12.3. The molecule has 1 aliphatic rings. The summed E-state index contributed by atoms with van der Waals surface area (Å²) in [6.45, 7) is 3.54. The van der Waals surface area contributed by atoms with E-state index in [4.69, 9.17) is 17.3 Å². The highest BCUT2D eigenvalue weighted by molar-refractivity contribution is 7.23. The summed E-state index contributed by atoms with van der Waals surface area (Å²) >= 11 is 8.92. The fraction of sp³-hybridized carbons (Fsp3) is 0.467. The Balaban J connectivity index is 1.74. The highest BCUT2D eigenvalue weighted by Gasteiger charge is 2.27. The van der Waals surface area contributed by atoms with Crippen LogP contribution in [0.5, 0.6) is 0 Å². The minimum atomic E-state index is 0.00973. The lowest BCUT2D eigenvalue weighted by atomic mass is 9.92. The van der Waals surface area contributed by atoms with Gasteiger partial charge in [-0.15, -0.1) is 22.7 Å². The Morgan fingerprint density at radius 2 is 2.36 bits per heavy atom. The molecule has 0 spiro atoms. The summed E-state index contributed by atoms with van der Waals surface area (Å²) in [5.41, 5.74) is 6.51. The Morgan fingerprint density at radius 3 is 3.05 bits per heavy atom. The maximum atomic E-state index is 12.6. The molecule has 2 atom stereocenters. The van der Waals surface area contributed by atoms with Crippen LogP contribution in [0.25, 0.3) is 9.88 Å². The van der Waals surface area contributed by atoms with E-state index in [1.54, 1.807) is 0 Å². The number of thiazole rings is 1. The number of nitrogens with two attached hydrogens (primary N) is 1. The molecular weight excluding hydrogens is 338 g/mol. The van der Waals surface area contributed by atoms with E-state index in [9.17, 15) is 4.79 Å². The van der Waals surface area contributed by atoms with Crippen LogP contribution in [0, 0.1) is 5.92 Å². The number of piperidine rings is 1. The molecule has 0 aliphatic carbocycles. The van der Waals surface area contributed by atoms with Crippen LogP contribution in [0.1, 0.15) is 30.3 Å². The van der Waals surface area contributed by atoms with Crippen molar-refractivity contribution in [3.8, 4) is 9.88 Å². The van der Waals surface area contributed by atoms with Gasteiger partial charge < -0.3 is 10.6 Å². The topological polar surface area (TPSA) is 59.2 Å². The van der Waals surface area contributed by atoms with E-state index < -0.39 is 0 Å². The number of thiophene rings is 1. The number of aromatic nitrogens is 1. The maximum absolute atomic E-state index is 12.6. The molecule has 0 aromatic carbocycles. The first-order valence-electron chi connectivity index (χ1n) is 7.30. The third-order valence-corrected chi connectivity index (χ3v) is 6.24. The first kappa shape index (κ1) is 15.9. The largest absolute Gasteiger partial charge is 0.337 e. The zero-order valence-corrected chi connectivity index (χ0v) is 14.7. The smallest absolute Gasteiger partial charge is 0.273 e. The lowest BCUT2D eigenvalue weighted by Gasteiger charge is -2.34. The van der Waals surface area contributed by atoms with Crippen LogP contribution < -0.4 is 5.73 Å². The molecule has 0 bridgehead atoms. The van der Waals surface area contributed by atoms with E-state index >= 15 is 0 Å². The Bertz CT molecular complexity index is 667. The fourth-order valence-electron chi connectivity index (χ4n) is 2.70. The molecule has 4 nitrogen and oxygen atoms in total. The average Bonchev–Trinajstić information content (AvgIpc) is 3.15. The molecule has 1 fully saturated rings. The van der Waals surface area contributed by atoms with Gasteiger partial charge in [0, 0.05) is 24.5 Å². The third kappa shape index (κ3) is 3.35. The summed E-state index contributed by atoms with van der Waals surface area (Å²) < 4.78 is 0.730. The van der Waals surface area contributed by atoms with E-state index in [0.29, 0.717) is 11.6 Å². The lowest BCUT2D eigenvalue weighted by Crippen LogP contribution is -2.45. The molecule has 3 rings (SSSR count). The van der Waals surface area contributed by atoms with E-state index in [-0.39, 0.29) is 11.9 Å². The van der Waals surface area contributed by atoms with Crippen molar-refractivity contribution in [1.82, 2.24) is 9.88 Å². The number of carbonyl (C=O) groups excluding carboxylic acids is 1. The Hall–Kier alpha value is -0.950. The third-order valence-electron chi connectivity index (χ3n) is 4.00. The second kappa shape index (κ2) is 6.66. The van der Waals surface area contributed by atoms with E-state index in [0.717, 1.165) is 40.2 Å². The molecule has 2 unspecified atom stereocenters. The molecule has 1 aliphatic heterocycles. The predicted octanol–water partition coefficient (Wildman–Crippen LogP) is 3.72. The molecular formula is C15H18ClN3OS2. The number of halogens is 1. The highest BCUT2D eigenvalue weighted by Crippen LogP contribution is 2.33. The van der Waals surface area contributed by atoms with Gasteiger partial charge in [-0.05, 0) is 37.8 Å². The first-order chi connectivity index (χ1) is 10.5. The van der Waals surface area contributed by atoms with E-state index in [1.807, 2.05) is 29.3 Å². The van der Waals surface area contributed by atoms with Gasteiger partial charge in [0.25, 0.3) is 5.91 Å². The standard InChI is InChI=1S/C15H18ClN3OS2/c1-9(17)10-3-2-6-19(7-10)15(20)11-8-21-14(18-11)12-4-5-13(16)22-12/h4-5,8-10H,2-3,6-7,17H2,1H3. The summed E-state index contributed by atoms with van der Waals surface area (Å²) in [7, 11) is 0. The SMILES string of the molecule is CC(N)C1CCCN(C(=O)c2csc(-c3ccc(Cl)s3)n2)C1. The number of hydrogen-bond donors (Lipinski definition) is 1. The number of amides is 1. The van der Waals surface area contributed by atoms with Gasteiger partial charge >= 0.3 is 0 Å². The molecule has 1 amide bonds. The van der Waals surface area contributed by atoms with Gasteiger partial charge in [-0.1, -0.05) is 11.6 Å². The molecule has 1 saturated heterocycles. The van der Waals surface area contributed by atoms with Crippen molar-refractivity contribution in [2.45, 2.75) is 25.8 Å². The minimum absolute atomic E-state index is 0.00973. The van der Waals surface area contributed by atoms with Crippen molar-refractivity contribution in [2.75, 3.05) is 13.1 Å². The van der Waals surface area contributed by atoms with Gasteiger partial charge in [-0.25, -0.2) is 4.98 Å². The van der Waals surface area contributed by atoms with Crippen molar-refractivity contribution in [2.24, 2.45) is 11.7 Å². The minimum Gasteiger partial charge on any atom is -0.337 e. The molecule has 2 aromatic heterocycles. The van der Waals surface area contributed by atoms with Crippen LogP contribution in [0.2, 0.25) is 4.34 Å². The van der Waals surface area contributed by atoms with Crippen LogP contribution in [-0.4, -0.2) is 34.9 Å². The van der Waals surface area contributed by atoms with Crippen LogP contribution in [0.15, 0.2) is 17.5 Å². The highest BCUT2D eigenvalue weighted by atomic mass is 35.5. The van der Waals surface area contributed by atoms with Crippen molar-refractivity contribution in [3.05, 3.63) is 27.5 Å². The van der Waals surface area contributed by atoms with E-state index in [2.05, 4.69) is 4.98 Å². The monoisotopic (exact) mass is 355 g/mol. The molecule has 22 heavy (non-hydrogen) atoms. The first-order valence-corrected chi connectivity index (χ1v) is 9.38. The Kier molecular flexibility index (Phi) is 4.82. The number of likely N-dealkylation sites (tertiary alicyclic amines) is 1. The van der Waals surface area contributed by atoms with Gasteiger partial charge in [0.05, 0.1) is 9.21 Å². The van der Waals surface area contributed by atoms with Crippen molar-refractivity contribution >= 4 is 40.2 Å². The van der Waals surface area contributed by atoms with Crippen LogP contribution in [0.3, 0.4) is 0 Å². The Labute approximate surface area is 142 Å². The summed E-state index contributed by atoms with van der Waals surface area (Å²) in [6, 6.07) is 3.91. The number of nitrogens with zero attached hydrogens (tertiary/aromatic N) is 2. The predicted molar refractivity (Wildman–Crippen MR) is 92.7 cm³/mol. The second-order valence-electron chi connectivity index (χ2n) is 5.65. The second-order valence-corrected chi connectivity index (χ2v) is 8.23. The quantitative estimate of drug-likeness (QED) is 0.912. The normalized spacial score (nSPS) is 20.1. The van der Waals surface area contributed by atoms with Gasteiger partial charge in [-0.3, -0.25) is 4.79 Å². The molecule has 2 N–H and O–H groups in total. The van der Waals surface area contributed by atoms with Crippen LogP contribution >= 0.6 is 34.3 Å². The molecule has 7 heteroatoms. The van der Waals surface area contributed by atoms with Crippen molar-refractivity contribution in [3.63, 3.8) is 0 Å². The molecule has 3 heterocycles. The van der Waals surface area contributed by atoms with Crippen molar-refractivity contribution in [1.29, 1.82) is 0 Å². The molecule has 118 valence electrons. The molecule has 0 saturated carbocycles. The van der Waals surface area contributed by atoms with Gasteiger partial charge in [0.1, 0.15) is 10.7 Å². The number of hydrogen-bond acceptors (Lipinski definition) is 5. The van der Waals surface area contributed by atoms with Gasteiger partial charge in [0.2, 0.25) is 0 Å². The fourth-order valence-corrected chi connectivity index (χ4v) is 4.61. The van der Waals surface area contributed by atoms with Gasteiger partial charge in [0.15, 0.2) is 0 Å². The average molecular weight is 356 g/mol. The molecule has 2 aromatic rings. The zero-order chi connectivity index (χ0) is 15.7. The van der Waals surface area contributed by atoms with E-state index in [1.165, 1.54) is 22.7 Å². The Morgan fingerprint density at radius 1 is 1.55 bits per heavy atom. The van der Waals surface area contributed by atoms with Crippen molar-refractivity contribution < 1.29 is 4.79 Å². The van der Waals surface area contributed by atoms with Crippen LogP contribution in [0.4, 0.5) is 0 Å². The number of carbonyl (C=O) groups is 1. The van der Waals surface area contributed by atoms with Gasteiger partial charge in [-0.2, -0.15) is 0 Å². The van der Waals surface area contributed by atoms with Crippen LogP contribution in [-0.2, 0) is 0 Å². The summed E-state index contributed by atoms with van der Waals surface area (Å²) in [5.74, 6) is 0.391. The number of rotatable bonds is 3.